The molecule has 4 nitrogen and oxygen atoms in total. The van der Waals surface area contributed by atoms with Gasteiger partial charge < -0.3 is 15.4 Å². The fraction of sp³-hybridized carbons (Fsp3) is 0.700. The van der Waals surface area contributed by atoms with Gasteiger partial charge in [-0.15, -0.1) is 11.3 Å². The first-order valence-corrected chi connectivity index (χ1v) is 6.15. The van der Waals surface area contributed by atoms with Gasteiger partial charge in [0.05, 0.1) is 24.4 Å². The maximum Gasteiger partial charge on any atom is 0.0798 e. The van der Waals surface area contributed by atoms with Crippen LogP contribution < -0.4 is 10.6 Å². The highest BCUT2D eigenvalue weighted by Gasteiger charge is 2.12. The minimum Gasteiger partial charge on any atom is -0.378 e. The summed E-state index contributed by atoms with van der Waals surface area (Å²) in [6.45, 7) is 6.50. The minimum atomic E-state index is 0.411. The quantitative estimate of drug-likeness (QED) is 0.791. The second kappa shape index (κ2) is 5.55. The molecule has 5 heteroatoms. The molecular weight excluding hydrogens is 210 g/mol. The second-order valence-electron chi connectivity index (χ2n) is 3.72. The van der Waals surface area contributed by atoms with Crippen molar-refractivity contribution in [3.63, 3.8) is 0 Å². The van der Waals surface area contributed by atoms with Crippen molar-refractivity contribution in [2.45, 2.75) is 19.5 Å². The van der Waals surface area contributed by atoms with Crippen LogP contribution in [0, 0.1) is 6.92 Å². The number of nitrogens with zero attached hydrogens (tertiary/aromatic N) is 1. The van der Waals surface area contributed by atoms with Crippen molar-refractivity contribution in [2.75, 3.05) is 26.3 Å². The van der Waals surface area contributed by atoms with Gasteiger partial charge in [-0.05, 0) is 6.92 Å². The Hall–Kier alpha value is -0.490. The molecule has 84 valence electrons. The molecule has 0 bridgehead atoms. The Kier molecular flexibility index (Phi) is 4.08. The molecule has 0 aromatic carbocycles. The van der Waals surface area contributed by atoms with Crippen LogP contribution in [0.4, 0.5) is 0 Å². The third-order valence-corrected chi connectivity index (χ3v) is 3.46. The van der Waals surface area contributed by atoms with E-state index < -0.39 is 0 Å². The zero-order valence-corrected chi connectivity index (χ0v) is 9.77. The number of aromatic nitrogens is 1. The lowest BCUT2D eigenvalue weighted by molar-refractivity contribution is 0.133. The number of hydrogen-bond donors (Lipinski definition) is 2. The molecule has 1 atom stereocenters. The molecule has 1 fully saturated rings. The molecule has 1 unspecified atom stereocenters. The lowest BCUT2D eigenvalue weighted by Gasteiger charge is -2.15. The lowest BCUT2D eigenvalue weighted by Crippen LogP contribution is -2.39. The molecule has 2 N–H and O–H groups in total. The Labute approximate surface area is 94.1 Å². The average molecular weight is 227 g/mol. The Morgan fingerprint density at radius 1 is 1.73 bits per heavy atom. The van der Waals surface area contributed by atoms with E-state index in [4.69, 9.17) is 4.74 Å². The fourth-order valence-corrected chi connectivity index (χ4v) is 2.30. The molecule has 0 saturated carbocycles. The molecule has 1 aliphatic heterocycles. The van der Waals surface area contributed by atoms with E-state index in [9.17, 15) is 0 Å². The van der Waals surface area contributed by atoms with Crippen LogP contribution >= 0.6 is 11.3 Å². The van der Waals surface area contributed by atoms with Crippen LogP contribution in [-0.2, 0) is 11.3 Å². The molecule has 2 rings (SSSR count). The van der Waals surface area contributed by atoms with Crippen molar-refractivity contribution in [1.29, 1.82) is 0 Å². The predicted molar refractivity (Wildman–Crippen MR) is 61.2 cm³/mol. The van der Waals surface area contributed by atoms with Gasteiger partial charge in [-0.1, -0.05) is 0 Å². The zero-order valence-electron chi connectivity index (χ0n) is 8.95. The molecule has 2 heterocycles. The predicted octanol–water partition coefficient (Wildman–Crippen LogP) is 0.530. The molecule has 1 aliphatic rings. The van der Waals surface area contributed by atoms with Crippen molar-refractivity contribution in [1.82, 2.24) is 15.6 Å². The maximum absolute atomic E-state index is 5.47. The number of ether oxygens (including phenoxy) is 1. The summed E-state index contributed by atoms with van der Waals surface area (Å²) in [7, 11) is 0. The van der Waals surface area contributed by atoms with Gasteiger partial charge in [0.25, 0.3) is 0 Å². The van der Waals surface area contributed by atoms with Crippen molar-refractivity contribution < 1.29 is 4.74 Å². The standard InChI is InChI=1S/C10H17N3OS/c1-8-10(15-7-13-8)5-12-9-4-11-2-3-14-6-9/h7,9,11-12H,2-6H2,1H3. The van der Waals surface area contributed by atoms with E-state index >= 15 is 0 Å². The zero-order chi connectivity index (χ0) is 10.5. The number of thiazole rings is 1. The molecule has 1 saturated heterocycles. The first kappa shape index (κ1) is 11.0. The highest BCUT2D eigenvalue weighted by Crippen LogP contribution is 2.11. The topological polar surface area (TPSA) is 46.2 Å². The normalized spacial score (nSPS) is 22.6. The van der Waals surface area contributed by atoms with Gasteiger partial charge in [0.1, 0.15) is 0 Å². The third-order valence-electron chi connectivity index (χ3n) is 2.53. The minimum absolute atomic E-state index is 0.411. The van der Waals surface area contributed by atoms with E-state index in [1.165, 1.54) is 4.88 Å². The van der Waals surface area contributed by atoms with E-state index in [0.29, 0.717) is 6.04 Å². The second-order valence-corrected chi connectivity index (χ2v) is 4.66. The van der Waals surface area contributed by atoms with Gasteiger partial charge >= 0.3 is 0 Å². The summed E-state index contributed by atoms with van der Waals surface area (Å²) in [6.07, 6.45) is 0. The van der Waals surface area contributed by atoms with Crippen LogP contribution in [0.15, 0.2) is 5.51 Å². The molecule has 1 aromatic rings. The van der Waals surface area contributed by atoms with Crippen LogP contribution in [0.25, 0.3) is 0 Å². The van der Waals surface area contributed by atoms with Crippen LogP contribution in [0.3, 0.4) is 0 Å². The number of rotatable bonds is 3. The van der Waals surface area contributed by atoms with E-state index in [0.717, 1.165) is 38.5 Å². The Morgan fingerprint density at radius 3 is 3.47 bits per heavy atom. The molecule has 1 aromatic heterocycles. The highest BCUT2D eigenvalue weighted by molar-refractivity contribution is 7.09. The SMILES string of the molecule is Cc1ncsc1CNC1CNCCOC1. The summed E-state index contributed by atoms with van der Waals surface area (Å²) in [5.41, 5.74) is 3.03. The van der Waals surface area contributed by atoms with E-state index in [1.54, 1.807) is 11.3 Å². The monoisotopic (exact) mass is 227 g/mol. The summed E-state index contributed by atoms with van der Waals surface area (Å²) in [6, 6.07) is 0.411. The molecule has 0 radical (unpaired) electrons. The van der Waals surface area contributed by atoms with Gasteiger partial charge in [0.2, 0.25) is 0 Å². The van der Waals surface area contributed by atoms with E-state index in [-0.39, 0.29) is 0 Å². The van der Waals surface area contributed by atoms with Gasteiger partial charge in [-0.25, -0.2) is 4.98 Å². The summed E-state index contributed by atoms with van der Waals surface area (Å²) in [4.78, 5) is 5.55. The van der Waals surface area contributed by atoms with E-state index in [2.05, 4.69) is 22.5 Å². The van der Waals surface area contributed by atoms with Gasteiger partial charge in [-0.2, -0.15) is 0 Å². The first-order chi connectivity index (χ1) is 7.36. The largest absolute Gasteiger partial charge is 0.378 e. The fourth-order valence-electron chi connectivity index (χ4n) is 1.57. The Morgan fingerprint density at radius 2 is 2.67 bits per heavy atom. The van der Waals surface area contributed by atoms with E-state index in [1.807, 2.05) is 5.51 Å². The van der Waals surface area contributed by atoms with Crippen molar-refractivity contribution >= 4 is 11.3 Å². The number of aryl methyl sites for hydroxylation is 1. The summed E-state index contributed by atoms with van der Waals surface area (Å²) in [5, 5.41) is 6.83. The van der Waals surface area contributed by atoms with Crippen molar-refractivity contribution in [3.8, 4) is 0 Å². The third kappa shape index (κ3) is 3.24. The Bertz CT molecular complexity index is 295. The van der Waals surface area contributed by atoms with Gasteiger partial charge in [0, 0.05) is 30.6 Å². The average Bonchev–Trinajstić information content (AvgIpc) is 2.53. The van der Waals surface area contributed by atoms with Crippen LogP contribution in [-0.4, -0.2) is 37.3 Å². The van der Waals surface area contributed by atoms with Crippen LogP contribution in [0.2, 0.25) is 0 Å². The molecule has 0 amide bonds. The smallest absolute Gasteiger partial charge is 0.0798 e. The van der Waals surface area contributed by atoms with Crippen LogP contribution in [0.5, 0.6) is 0 Å². The van der Waals surface area contributed by atoms with Crippen LogP contribution in [0.1, 0.15) is 10.6 Å². The summed E-state index contributed by atoms with van der Waals surface area (Å²) < 4.78 is 5.47. The number of nitrogens with one attached hydrogen (secondary N) is 2. The highest BCUT2D eigenvalue weighted by atomic mass is 32.1. The Balaban J connectivity index is 1.79. The van der Waals surface area contributed by atoms with Gasteiger partial charge in [0.15, 0.2) is 0 Å². The molecular formula is C10H17N3OS. The lowest BCUT2D eigenvalue weighted by atomic mass is 10.3. The van der Waals surface area contributed by atoms with Crippen molar-refractivity contribution in [2.24, 2.45) is 0 Å². The van der Waals surface area contributed by atoms with Crippen molar-refractivity contribution in [3.05, 3.63) is 16.1 Å². The molecule has 0 aliphatic carbocycles. The summed E-state index contributed by atoms with van der Waals surface area (Å²) >= 11 is 1.71. The maximum atomic E-state index is 5.47. The van der Waals surface area contributed by atoms with Gasteiger partial charge in [-0.3, -0.25) is 0 Å². The number of hydrogen-bond acceptors (Lipinski definition) is 5. The first-order valence-electron chi connectivity index (χ1n) is 5.27. The molecule has 15 heavy (non-hydrogen) atoms. The molecule has 0 spiro atoms. The summed E-state index contributed by atoms with van der Waals surface area (Å²) in [5.74, 6) is 0.